The minimum atomic E-state index is -3.15. The van der Waals surface area contributed by atoms with Gasteiger partial charge in [0.15, 0.2) is 0 Å². The van der Waals surface area contributed by atoms with Gasteiger partial charge in [-0.1, -0.05) is 36.1 Å². The van der Waals surface area contributed by atoms with Gasteiger partial charge in [0, 0.05) is 18.0 Å². The second-order valence-corrected chi connectivity index (χ2v) is 10.2. The smallest absolute Gasteiger partial charge is 0.211 e. The summed E-state index contributed by atoms with van der Waals surface area (Å²) in [6, 6.07) is 15.0. The van der Waals surface area contributed by atoms with Crippen molar-refractivity contribution in [2.75, 3.05) is 26.0 Å². The van der Waals surface area contributed by atoms with Crippen LogP contribution in [-0.4, -0.2) is 64.5 Å². The van der Waals surface area contributed by atoms with Crippen molar-refractivity contribution < 1.29 is 23.4 Å². The normalized spacial score (nSPS) is 16.2. The van der Waals surface area contributed by atoms with Gasteiger partial charge in [-0.05, 0) is 42.3 Å². The Bertz CT molecular complexity index is 1280. The highest BCUT2D eigenvalue weighted by atomic mass is 32.2. The Hall–Kier alpha value is -3.16. The van der Waals surface area contributed by atoms with Crippen LogP contribution in [0.2, 0.25) is 0 Å². The molecule has 0 aliphatic carbocycles. The fourth-order valence-corrected chi connectivity index (χ4v) is 4.57. The molecule has 3 aromatic rings. The average molecular weight is 482 g/mol. The van der Waals surface area contributed by atoms with Crippen molar-refractivity contribution in [1.82, 2.24) is 13.9 Å². The van der Waals surface area contributed by atoms with Crippen molar-refractivity contribution in [1.29, 1.82) is 0 Å². The Morgan fingerprint density at radius 3 is 2.29 bits per heavy atom. The molecule has 2 atom stereocenters. The molecule has 1 aliphatic rings. The molecule has 2 heterocycles. The topological polar surface area (TPSA) is 105 Å². The van der Waals surface area contributed by atoms with Gasteiger partial charge in [-0.15, -0.1) is 0 Å². The summed E-state index contributed by atoms with van der Waals surface area (Å²) in [5.74, 6) is 7.29. The predicted molar refractivity (Wildman–Crippen MR) is 129 cm³/mol. The molecule has 1 aliphatic heterocycles. The zero-order valence-electron chi connectivity index (χ0n) is 19.0. The Balaban J connectivity index is 1.39. The second kappa shape index (κ2) is 9.99. The van der Waals surface area contributed by atoms with Crippen LogP contribution >= 0.6 is 0 Å². The minimum Gasteiger partial charge on any atom is -0.488 e. The molecule has 9 heteroatoms. The van der Waals surface area contributed by atoms with Crippen molar-refractivity contribution in [2.24, 2.45) is 0 Å². The number of aromatic nitrogens is 2. The van der Waals surface area contributed by atoms with Crippen LogP contribution in [0.25, 0.3) is 11.1 Å². The third-order valence-corrected chi connectivity index (χ3v) is 6.86. The van der Waals surface area contributed by atoms with E-state index in [2.05, 4.69) is 16.8 Å². The van der Waals surface area contributed by atoms with Crippen molar-refractivity contribution in [3.63, 3.8) is 0 Å². The standard InChI is InChI=1S/C25H27N3O5S/c1-18(30)25-26-13-14-28(25)22(17-29)10-5-19-3-6-20(7-4-19)21-8-11-23(12-9-21)33-24-15-27(16-24)34(2,31)32/h3-4,6-9,11-14,18,22,24,29-30H,15-17H2,1-2H3/t18-,22-/m0/s1. The summed E-state index contributed by atoms with van der Waals surface area (Å²) in [4.78, 5) is 4.13. The van der Waals surface area contributed by atoms with Crippen LogP contribution in [0.4, 0.5) is 0 Å². The largest absolute Gasteiger partial charge is 0.488 e. The monoisotopic (exact) mass is 481 g/mol. The first kappa shape index (κ1) is 24.0. The van der Waals surface area contributed by atoms with E-state index in [0.717, 1.165) is 16.7 Å². The maximum atomic E-state index is 11.5. The molecule has 0 spiro atoms. The SMILES string of the molecule is C[C@H](O)c1nccn1[C@@H](C#Cc1ccc(-c2ccc(OC3CN(S(C)(=O)=O)C3)cc2)cc1)CO. The van der Waals surface area contributed by atoms with Crippen LogP contribution < -0.4 is 4.74 Å². The fraction of sp³-hybridized carbons (Fsp3) is 0.320. The van der Waals surface area contributed by atoms with Gasteiger partial charge in [-0.2, -0.15) is 4.31 Å². The number of hydrogen-bond acceptors (Lipinski definition) is 6. The van der Waals surface area contributed by atoms with Crippen molar-refractivity contribution in [3.05, 3.63) is 72.3 Å². The quantitative estimate of drug-likeness (QED) is 0.502. The molecule has 0 radical (unpaired) electrons. The van der Waals surface area contributed by atoms with Gasteiger partial charge < -0.3 is 19.5 Å². The molecule has 178 valence electrons. The van der Waals surface area contributed by atoms with Crippen LogP contribution in [-0.2, 0) is 10.0 Å². The lowest BCUT2D eigenvalue weighted by Gasteiger charge is -2.36. The number of benzene rings is 2. The molecular formula is C25H27N3O5S. The molecule has 4 rings (SSSR count). The number of aliphatic hydroxyl groups is 2. The van der Waals surface area contributed by atoms with E-state index in [-0.39, 0.29) is 12.7 Å². The first-order valence-electron chi connectivity index (χ1n) is 10.9. The lowest BCUT2D eigenvalue weighted by molar-refractivity contribution is 0.0767. The average Bonchev–Trinajstić information content (AvgIpc) is 3.27. The highest BCUT2D eigenvalue weighted by molar-refractivity contribution is 7.88. The molecule has 1 saturated heterocycles. The van der Waals surface area contributed by atoms with Crippen molar-refractivity contribution >= 4 is 10.0 Å². The highest BCUT2D eigenvalue weighted by Gasteiger charge is 2.34. The van der Waals surface area contributed by atoms with E-state index in [1.165, 1.54) is 10.6 Å². The summed E-state index contributed by atoms with van der Waals surface area (Å²) in [7, 11) is -3.15. The van der Waals surface area contributed by atoms with E-state index in [1.54, 1.807) is 23.9 Å². The van der Waals surface area contributed by atoms with Gasteiger partial charge >= 0.3 is 0 Å². The molecule has 2 N–H and O–H groups in total. The van der Waals surface area contributed by atoms with E-state index in [9.17, 15) is 18.6 Å². The number of ether oxygens (including phenoxy) is 1. The van der Waals surface area contributed by atoms with Gasteiger partial charge in [0.25, 0.3) is 0 Å². The molecule has 34 heavy (non-hydrogen) atoms. The predicted octanol–water partition coefficient (Wildman–Crippen LogP) is 2.21. The van der Waals surface area contributed by atoms with Crippen LogP contribution in [0, 0.1) is 11.8 Å². The minimum absolute atomic E-state index is 0.125. The molecule has 0 saturated carbocycles. The van der Waals surface area contributed by atoms with Gasteiger partial charge in [0.05, 0.1) is 26.0 Å². The zero-order chi connectivity index (χ0) is 24.3. The number of hydrogen-bond donors (Lipinski definition) is 2. The van der Waals surface area contributed by atoms with Crippen LogP contribution in [0.3, 0.4) is 0 Å². The molecule has 0 bridgehead atoms. The van der Waals surface area contributed by atoms with E-state index >= 15 is 0 Å². The number of nitrogens with zero attached hydrogens (tertiary/aromatic N) is 3. The van der Waals surface area contributed by atoms with Crippen LogP contribution in [0.5, 0.6) is 5.75 Å². The third kappa shape index (κ3) is 5.48. The summed E-state index contributed by atoms with van der Waals surface area (Å²) in [5.41, 5.74) is 2.85. The lowest BCUT2D eigenvalue weighted by atomic mass is 10.0. The molecular weight excluding hydrogens is 454 g/mol. The fourth-order valence-electron chi connectivity index (χ4n) is 3.69. The van der Waals surface area contributed by atoms with E-state index < -0.39 is 22.2 Å². The Morgan fingerprint density at radius 1 is 1.12 bits per heavy atom. The number of rotatable bonds is 7. The van der Waals surface area contributed by atoms with Crippen LogP contribution in [0.1, 0.15) is 30.5 Å². The Kier molecular flexibility index (Phi) is 7.05. The zero-order valence-corrected chi connectivity index (χ0v) is 19.8. The van der Waals surface area contributed by atoms with Gasteiger partial charge in [0.2, 0.25) is 10.0 Å². The van der Waals surface area contributed by atoms with Gasteiger partial charge in [0.1, 0.15) is 29.8 Å². The maximum absolute atomic E-state index is 11.5. The van der Waals surface area contributed by atoms with E-state index in [0.29, 0.717) is 24.7 Å². The number of aliphatic hydroxyl groups excluding tert-OH is 2. The third-order valence-electron chi connectivity index (χ3n) is 5.62. The van der Waals surface area contributed by atoms with Crippen LogP contribution in [0.15, 0.2) is 60.9 Å². The molecule has 0 unspecified atom stereocenters. The molecule has 0 amide bonds. The molecule has 1 fully saturated rings. The Morgan fingerprint density at radius 2 is 1.74 bits per heavy atom. The molecule has 8 nitrogen and oxygen atoms in total. The molecule has 2 aromatic carbocycles. The van der Waals surface area contributed by atoms with Crippen molar-refractivity contribution in [3.8, 4) is 28.7 Å². The Labute approximate surface area is 199 Å². The van der Waals surface area contributed by atoms with Gasteiger partial charge in [-0.25, -0.2) is 13.4 Å². The highest BCUT2D eigenvalue weighted by Crippen LogP contribution is 2.25. The number of imidazole rings is 1. The first-order chi connectivity index (χ1) is 16.2. The number of sulfonamides is 1. The summed E-state index contributed by atoms with van der Waals surface area (Å²) in [6.07, 6.45) is 3.60. The van der Waals surface area contributed by atoms with Gasteiger partial charge in [-0.3, -0.25) is 0 Å². The summed E-state index contributed by atoms with van der Waals surface area (Å²) in [5, 5.41) is 19.6. The lowest BCUT2D eigenvalue weighted by Crippen LogP contribution is -2.55. The second-order valence-electron chi connectivity index (χ2n) is 8.26. The molecule has 1 aromatic heterocycles. The summed E-state index contributed by atoms with van der Waals surface area (Å²) < 4.78 is 31.8. The maximum Gasteiger partial charge on any atom is 0.211 e. The summed E-state index contributed by atoms with van der Waals surface area (Å²) in [6.45, 7) is 2.18. The van der Waals surface area contributed by atoms with E-state index in [1.807, 2.05) is 48.5 Å². The van der Waals surface area contributed by atoms with Crippen molar-refractivity contribution in [2.45, 2.75) is 25.2 Å². The first-order valence-corrected chi connectivity index (χ1v) is 12.7. The summed E-state index contributed by atoms with van der Waals surface area (Å²) >= 11 is 0. The van der Waals surface area contributed by atoms with E-state index in [4.69, 9.17) is 4.74 Å².